The first kappa shape index (κ1) is 22.4. The number of rotatable bonds is 7. The highest BCUT2D eigenvalue weighted by Gasteiger charge is 2.24. The molecule has 1 aliphatic heterocycles. The summed E-state index contributed by atoms with van der Waals surface area (Å²) in [7, 11) is 4.07. The van der Waals surface area contributed by atoms with E-state index in [-0.39, 0.29) is 0 Å². The number of benzene rings is 3. The van der Waals surface area contributed by atoms with Crippen molar-refractivity contribution in [3.8, 4) is 0 Å². The van der Waals surface area contributed by atoms with Gasteiger partial charge in [-0.15, -0.1) is 0 Å². The molecule has 0 bridgehead atoms. The van der Waals surface area contributed by atoms with Crippen LogP contribution < -0.4 is 10.2 Å². The molecule has 4 aromatic rings. The first-order chi connectivity index (χ1) is 16.7. The number of para-hydroxylation sites is 1. The molecule has 1 fully saturated rings. The quantitative estimate of drug-likeness (QED) is 0.407. The molecular formula is C29H33N5. The minimum absolute atomic E-state index is 0.387. The second-order valence-corrected chi connectivity index (χ2v) is 9.38. The molecule has 5 nitrogen and oxygen atoms in total. The van der Waals surface area contributed by atoms with Gasteiger partial charge in [-0.25, -0.2) is 4.98 Å². The maximum absolute atomic E-state index is 4.83. The van der Waals surface area contributed by atoms with Crippen molar-refractivity contribution in [3.63, 3.8) is 0 Å². The minimum Gasteiger partial charge on any atom is -0.362 e. The molecule has 5 rings (SSSR count). The molecule has 0 aliphatic carbocycles. The van der Waals surface area contributed by atoms with E-state index in [9.17, 15) is 0 Å². The molecule has 0 amide bonds. The Morgan fingerprint density at radius 3 is 2.03 bits per heavy atom. The average Bonchev–Trinajstić information content (AvgIpc) is 2.88. The van der Waals surface area contributed by atoms with Crippen molar-refractivity contribution in [2.45, 2.75) is 24.8 Å². The van der Waals surface area contributed by atoms with Crippen molar-refractivity contribution in [2.75, 3.05) is 43.9 Å². The molecule has 0 radical (unpaired) electrons. The summed E-state index contributed by atoms with van der Waals surface area (Å²) in [5, 5.41) is 4.71. The zero-order chi connectivity index (χ0) is 23.3. The molecule has 0 unspecified atom stereocenters. The largest absolute Gasteiger partial charge is 0.362 e. The number of likely N-dealkylation sites (tertiary alicyclic amines) is 1. The van der Waals surface area contributed by atoms with Gasteiger partial charge in [0.1, 0.15) is 5.82 Å². The first-order valence-electron chi connectivity index (χ1n) is 12.2. The third-order valence-corrected chi connectivity index (χ3v) is 6.77. The van der Waals surface area contributed by atoms with Crippen LogP contribution in [-0.2, 0) is 0 Å². The summed E-state index contributed by atoms with van der Waals surface area (Å²) in [5.74, 6) is 2.07. The lowest BCUT2D eigenvalue weighted by Gasteiger charge is -2.35. The van der Waals surface area contributed by atoms with E-state index in [0.717, 1.165) is 55.1 Å². The highest BCUT2D eigenvalue weighted by Crippen LogP contribution is 2.28. The standard InChI is InChI=1S/C29H33N5/c1-33(2)28-25-15-9-10-16-27(25)31-29(32-28)30-24-17-19-34(20-18-24)21-26(22-11-5-3-6-12-22)23-13-7-4-8-14-23/h3-16,24,26H,17-21H2,1-2H3,(H,30,31,32). The summed E-state index contributed by atoms with van der Waals surface area (Å²) in [6, 6.07) is 30.4. The molecule has 0 spiro atoms. The molecule has 5 heteroatoms. The predicted octanol–water partition coefficient (Wildman–Crippen LogP) is 5.40. The zero-order valence-electron chi connectivity index (χ0n) is 20.1. The second kappa shape index (κ2) is 10.2. The van der Waals surface area contributed by atoms with Gasteiger partial charge in [-0.1, -0.05) is 72.8 Å². The van der Waals surface area contributed by atoms with Crippen LogP contribution in [0.15, 0.2) is 84.9 Å². The molecule has 1 aromatic heterocycles. The third-order valence-electron chi connectivity index (χ3n) is 6.77. The monoisotopic (exact) mass is 451 g/mol. The van der Waals surface area contributed by atoms with Crippen LogP contribution in [-0.4, -0.2) is 54.6 Å². The molecule has 34 heavy (non-hydrogen) atoms. The topological polar surface area (TPSA) is 44.3 Å². The number of hydrogen-bond donors (Lipinski definition) is 1. The number of piperidine rings is 1. The molecule has 3 aromatic carbocycles. The molecular weight excluding hydrogens is 418 g/mol. The lowest BCUT2D eigenvalue weighted by atomic mass is 9.90. The van der Waals surface area contributed by atoms with E-state index in [1.807, 2.05) is 26.2 Å². The van der Waals surface area contributed by atoms with Crippen molar-refractivity contribution in [3.05, 3.63) is 96.1 Å². The van der Waals surface area contributed by atoms with E-state index in [1.54, 1.807) is 0 Å². The van der Waals surface area contributed by atoms with Gasteiger partial charge in [-0.2, -0.15) is 4.98 Å². The second-order valence-electron chi connectivity index (χ2n) is 9.38. The Morgan fingerprint density at radius 2 is 1.41 bits per heavy atom. The molecule has 1 N–H and O–H groups in total. The number of nitrogens with zero attached hydrogens (tertiary/aromatic N) is 4. The van der Waals surface area contributed by atoms with Gasteiger partial charge in [0.15, 0.2) is 0 Å². The summed E-state index contributed by atoms with van der Waals surface area (Å²) in [4.78, 5) is 14.3. The third kappa shape index (κ3) is 5.05. The summed E-state index contributed by atoms with van der Waals surface area (Å²) in [6.45, 7) is 3.18. The van der Waals surface area contributed by atoms with Crippen molar-refractivity contribution >= 4 is 22.7 Å². The lowest BCUT2D eigenvalue weighted by molar-refractivity contribution is 0.213. The van der Waals surface area contributed by atoms with Gasteiger partial charge in [0.2, 0.25) is 5.95 Å². The lowest BCUT2D eigenvalue weighted by Crippen LogP contribution is -2.41. The number of aromatic nitrogens is 2. The van der Waals surface area contributed by atoms with Crippen LogP contribution in [0.3, 0.4) is 0 Å². The van der Waals surface area contributed by atoms with Crippen LogP contribution in [0.25, 0.3) is 10.9 Å². The maximum atomic E-state index is 4.83. The van der Waals surface area contributed by atoms with Gasteiger partial charge < -0.3 is 15.1 Å². The summed E-state index contributed by atoms with van der Waals surface area (Å²) in [5.41, 5.74) is 3.75. The van der Waals surface area contributed by atoms with E-state index in [0.29, 0.717) is 12.0 Å². The smallest absolute Gasteiger partial charge is 0.225 e. The van der Waals surface area contributed by atoms with Crippen molar-refractivity contribution in [1.82, 2.24) is 14.9 Å². The number of hydrogen-bond acceptors (Lipinski definition) is 5. The van der Waals surface area contributed by atoms with Crippen LogP contribution in [0.5, 0.6) is 0 Å². The average molecular weight is 452 g/mol. The van der Waals surface area contributed by atoms with Gasteiger partial charge in [-0.05, 0) is 36.1 Å². The summed E-state index contributed by atoms with van der Waals surface area (Å²) < 4.78 is 0. The maximum Gasteiger partial charge on any atom is 0.225 e. The van der Waals surface area contributed by atoms with E-state index in [1.165, 1.54) is 11.1 Å². The van der Waals surface area contributed by atoms with Crippen LogP contribution in [0.1, 0.15) is 29.9 Å². The van der Waals surface area contributed by atoms with Crippen molar-refractivity contribution in [2.24, 2.45) is 0 Å². The van der Waals surface area contributed by atoms with Gasteiger partial charge in [0.05, 0.1) is 5.52 Å². The highest BCUT2D eigenvalue weighted by atomic mass is 15.2. The van der Waals surface area contributed by atoms with E-state index in [2.05, 4.69) is 87.9 Å². The van der Waals surface area contributed by atoms with E-state index in [4.69, 9.17) is 9.97 Å². The van der Waals surface area contributed by atoms with Crippen LogP contribution in [0, 0.1) is 0 Å². The van der Waals surface area contributed by atoms with Crippen LogP contribution in [0.2, 0.25) is 0 Å². The normalized spacial score (nSPS) is 15.0. The Balaban J connectivity index is 1.26. The molecule has 174 valence electrons. The van der Waals surface area contributed by atoms with E-state index < -0.39 is 0 Å². The molecule has 1 saturated heterocycles. The van der Waals surface area contributed by atoms with Gasteiger partial charge in [0.25, 0.3) is 0 Å². The molecule has 0 atom stereocenters. The summed E-state index contributed by atoms with van der Waals surface area (Å²) in [6.07, 6.45) is 2.17. The van der Waals surface area contributed by atoms with Gasteiger partial charge in [-0.3, -0.25) is 0 Å². The Hall–Kier alpha value is -3.44. The summed E-state index contributed by atoms with van der Waals surface area (Å²) >= 11 is 0. The predicted molar refractivity (Wildman–Crippen MR) is 142 cm³/mol. The van der Waals surface area contributed by atoms with Crippen LogP contribution in [0.4, 0.5) is 11.8 Å². The zero-order valence-corrected chi connectivity index (χ0v) is 20.1. The van der Waals surface area contributed by atoms with Gasteiger partial charge >= 0.3 is 0 Å². The Labute approximate surface area is 202 Å². The SMILES string of the molecule is CN(C)c1nc(NC2CCN(CC(c3ccccc3)c3ccccc3)CC2)nc2ccccc12. The highest BCUT2D eigenvalue weighted by molar-refractivity contribution is 5.90. The Kier molecular flexibility index (Phi) is 6.72. The fourth-order valence-corrected chi connectivity index (χ4v) is 4.94. The van der Waals surface area contributed by atoms with Crippen molar-refractivity contribution < 1.29 is 0 Å². The van der Waals surface area contributed by atoms with Crippen molar-refractivity contribution in [1.29, 1.82) is 0 Å². The van der Waals surface area contributed by atoms with Gasteiger partial charge in [0, 0.05) is 51.1 Å². The Bertz CT molecular complexity index is 1160. The number of nitrogens with one attached hydrogen (secondary N) is 1. The van der Waals surface area contributed by atoms with Crippen LogP contribution >= 0.6 is 0 Å². The molecule has 1 aliphatic rings. The molecule has 0 saturated carbocycles. The number of fused-ring (bicyclic) bond motifs is 1. The Morgan fingerprint density at radius 1 is 0.824 bits per heavy atom. The minimum atomic E-state index is 0.387. The first-order valence-corrected chi connectivity index (χ1v) is 12.2. The number of anilines is 2. The van der Waals surface area contributed by atoms with E-state index >= 15 is 0 Å². The molecule has 2 heterocycles. The fraction of sp³-hybridized carbons (Fsp3) is 0.310. The fourth-order valence-electron chi connectivity index (χ4n) is 4.94.